The third kappa shape index (κ3) is 3.51. The second-order valence-corrected chi connectivity index (χ2v) is 6.06. The number of hydrogen-bond donors (Lipinski definition) is 1. The molecule has 8 nitrogen and oxygen atoms in total. The van der Waals surface area contributed by atoms with Crippen LogP contribution in [0.5, 0.6) is 5.88 Å². The van der Waals surface area contributed by atoms with Gasteiger partial charge in [0.1, 0.15) is 5.92 Å². The lowest BCUT2D eigenvalue weighted by Gasteiger charge is -2.08. The number of nitro groups is 1. The van der Waals surface area contributed by atoms with Crippen LogP contribution >= 0.6 is 34.8 Å². The number of nitrogens with zero attached hydrogens (tertiary/aromatic N) is 3. The SMILES string of the molecule is CCOC(=O)C(C)c1nn(-c2ccc(Cl)c(Cl)c2Cl)c(O)c1[N+](=O)[O-]. The number of aromatic hydroxyl groups is 1. The highest BCUT2D eigenvalue weighted by Gasteiger charge is 2.35. The summed E-state index contributed by atoms with van der Waals surface area (Å²) in [6.07, 6.45) is 0. The highest BCUT2D eigenvalue weighted by Crippen LogP contribution is 2.40. The van der Waals surface area contributed by atoms with Crippen molar-refractivity contribution in [3.8, 4) is 11.6 Å². The Kier molecular flexibility index (Phi) is 5.76. The van der Waals surface area contributed by atoms with Gasteiger partial charge in [0.15, 0.2) is 5.69 Å². The normalized spacial score (nSPS) is 12.0. The molecule has 0 aliphatic rings. The standard InChI is InChI=1S/C14H12Cl3N3O5/c1-3-25-14(22)6(2)11-12(20(23)24)13(21)19(18-11)8-5-4-7(15)9(16)10(8)17/h4-6,21H,3H2,1-2H3. The van der Waals surface area contributed by atoms with Crippen molar-refractivity contribution < 1.29 is 19.6 Å². The molecule has 0 radical (unpaired) electrons. The van der Waals surface area contributed by atoms with Gasteiger partial charge in [0.2, 0.25) is 0 Å². The Balaban J connectivity index is 2.67. The summed E-state index contributed by atoms with van der Waals surface area (Å²) in [5.41, 5.74) is -0.912. The first-order valence-electron chi connectivity index (χ1n) is 6.97. The molecule has 1 N–H and O–H groups in total. The van der Waals surface area contributed by atoms with E-state index in [0.29, 0.717) is 0 Å². The van der Waals surface area contributed by atoms with Gasteiger partial charge in [0.05, 0.1) is 32.3 Å². The number of aromatic nitrogens is 2. The summed E-state index contributed by atoms with van der Waals surface area (Å²) in [5, 5.41) is 25.7. The molecule has 1 aromatic heterocycles. The first-order chi connectivity index (χ1) is 11.7. The maximum atomic E-state index is 11.9. The van der Waals surface area contributed by atoms with Gasteiger partial charge in [-0.2, -0.15) is 9.78 Å². The zero-order chi connectivity index (χ0) is 18.9. The van der Waals surface area contributed by atoms with Crippen LogP contribution in [0.25, 0.3) is 5.69 Å². The molecule has 0 saturated carbocycles. The Labute approximate surface area is 157 Å². The number of ether oxygens (including phenoxy) is 1. The van der Waals surface area contributed by atoms with Crippen LogP contribution < -0.4 is 0 Å². The summed E-state index contributed by atoms with van der Waals surface area (Å²) in [7, 11) is 0. The predicted octanol–water partition coefficient (Wildman–Crippen LogP) is 4.11. The Bertz CT molecular complexity index is 853. The molecule has 0 amide bonds. The van der Waals surface area contributed by atoms with Crippen LogP contribution in [0.15, 0.2) is 12.1 Å². The van der Waals surface area contributed by atoms with E-state index < -0.39 is 28.4 Å². The monoisotopic (exact) mass is 407 g/mol. The number of benzene rings is 1. The van der Waals surface area contributed by atoms with Crippen molar-refractivity contribution in [2.45, 2.75) is 19.8 Å². The minimum absolute atomic E-state index is 0.00150. The van der Waals surface area contributed by atoms with Gasteiger partial charge in [-0.05, 0) is 26.0 Å². The smallest absolute Gasteiger partial charge is 0.354 e. The van der Waals surface area contributed by atoms with E-state index >= 15 is 0 Å². The lowest BCUT2D eigenvalue weighted by Crippen LogP contribution is -2.15. The van der Waals surface area contributed by atoms with E-state index in [9.17, 15) is 20.0 Å². The van der Waals surface area contributed by atoms with E-state index in [-0.39, 0.29) is 33.1 Å². The van der Waals surface area contributed by atoms with Gasteiger partial charge in [0, 0.05) is 0 Å². The Morgan fingerprint density at radius 2 is 2.04 bits per heavy atom. The van der Waals surface area contributed by atoms with Gasteiger partial charge in [-0.15, -0.1) is 0 Å². The average Bonchev–Trinajstić information content (AvgIpc) is 2.89. The zero-order valence-electron chi connectivity index (χ0n) is 13.0. The lowest BCUT2D eigenvalue weighted by atomic mass is 10.1. The van der Waals surface area contributed by atoms with Gasteiger partial charge < -0.3 is 9.84 Å². The van der Waals surface area contributed by atoms with E-state index in [1.165, 1.54) is 19.1 Å². The van der Waals surface area contributed by atoms with Crippen LogP contribution in [0.4, 0.5) is 5.69 Å². The highest BCUT2D eigenvalue weighted by atomic mass is 35.5. The van der Waals surface area contributed by atoms with Crippen molar-refractivity contribution in [2.75, 3.05) is 6.61 Å². The molecule has 0 aliphatic carbocycles. The van der Waals surface area contributed by atoms with Crippen molar-refractivity contribution in [3.05, 3.63) is 43.0 Å². The summed E-state index contributed by atoms with van der Waals surface area (Å²) in [6, 6.07) is 2.78. The topological polar surface area (TPSA) is 107 Å². The Morgan fingerprint density at radius 1 is 1.40 bits per heavy atom. The number of carbonyl (C=O) groups excluding carboxylic acids is 1. The van der Waals surface area contributed by atoms with E-state index in [1.54, 1.807) is 6.92 Å². The first kappa shape index (κ1) is 19.3. The molecule has 1 unspecified atom stereocenters. The van der Waals surface area contributed by atoms with Crippen molar-refractivity contribution in [3.63, 3.8) is 0 Å². The molecular weight excluding hydrogens is 397 g/mol. The molecule has 11 heteroatoms. The molecule has 134 valence electrons. The third-order valence-electron chi connectivity index (χ3n) is 3.34. The molecular formula is C14H12Cl3N3O5. The predicted molar refractivity (Wildman–Crippen MR) is 92.0 cm³/mol. The maximum absolute atomic E-state index is 11.9. The van der Waals surface area contributed by atoms with Crippen LogP contribution in [0.2, 0.25) is 15.1 Å². The molecule has 0 aliphatic heterocycles. The average molecular weight is 409 g/mol. The van der Waals surface area contributed by atoms with Crippen LogP contribution in [-0.4, -0.2) is 32.4 Å². The minimum atomic E-state index is -1.07. The van der Waals surface area contributed by atoms with Crippen LogP contribution in [0.1, 0.15) is 25.5 Å². The molecule has 0 bridgehead atoms. The summed E-state index contributed by atoms with van der Waals surface area (Å²) in [5.74, 6) is -2.58. The summed E-state index contributed by atoms with van der Waals surface area (Å²) in [4.78, 5) is 22.4. The molecule has 2 rings (SSSR count). The van der Waals surface area contributed by atoms with Crippen molar-refractivity contribution in [2.24, 2.45) is 0 Å². The highest BCUT2D eigenvalue weighted by molar-refractivity contribution is 6.48. The Morgan fingerprint density at radius 3 is 2.60 bits per heavy atom. The number of halogens is 3. The summed E-state index contributed by atoms with van der Waals surface area (Å²) < 4.78 is 5.68. The van der Waals surface area contributed by atoms with E-state index in [2.05, 4.69) is 5.10 Å². The molecule has 25 heavy (non-hydrogen) atoms. The second-order valence-electron chi connectivity index (χ2n) is 4.89. The molecule has 1 aromatic carbocycles. The zero-order valence-corrected chi connectivity index (χ0v) is 15.3. The number of rotatable bonds is 5. The molecule has 1 atom stereocenters. The quantitative estimate of drug-likeness (QED) is 0.345. The van der Waals surface area contributed by atoms with Gasteiger partial charge in [-0.1, -0.05) is 34.8 Å². The van der Waals surface area contributed by atoms with Crippen molar-refractivity contribution >= 4 is 46.5 Å². The second kappa shape index (κ2) is 7.47. The number of carbonyl (C=O) groups is 1. The fraction of sp³-hybridized carbons (Fsp3) is 0.286. The van der Waals surface area contributed by atoms with Gasteiger partial charge >= 0.3 is 11.7 Å². The van der Waals surface area contributed by atoms with E-state index in [0.717, 1.165) is 4.68 Å². The Hall–Kier alpha value is -2.03. The fourth-order valence-electron chi connectivity index (χ4n) is 2.11. The van der Waals surface area contributed by atoms with Gasteiger partial charge in [-0.25, -0.2) is 0 Å². The fourth-order valence-corrected chi connectivity index (χ4v) is 2.72. The molecule has 0 fully saturated rings. The first-order valence-corrected chi connectivity index (χ1v) is 8.10. The molecule has 0 saturated heterocycles. The minimum Gasteiger partial charge on any atom is -0.488 e. The lowest BCUT2D eigenvalue weighted by molar-refractivity contribution is -0.386. The summed E-state index contributed by atoms with van der Waals surface area (Å²) in [6.45, 7) is 3.08. The van der Waals surface area contributed by atoms with Crippen molar-refractivity contribution in [1.29, 1.82) is 0 Å². The number of hydrogen-bond acceptors (Lipinski definition) is 6. The van der Waals surface area contributed by atoms with Crippen molar-refractivity contribution in [1.82, 2.24) is 9.78 Å². The van der Waals surface area contributed by atoms with Gasteiger partial charge in [-0.3, -0.25) is 14.9 Å². The largest absolute Gasteiger partial charge is 0.488 e. The van der Waals surface area contributed by atoms with Gasteiger partial charge in [0.25, 0.3) is 5.88 Å². The van der Waals surface area contributed by atoms with E-state index in [1.807, 2.05) is 0 Å². The molecule has 0 spiro atoms. The summed E-state index contributed by atoms with van der Waals surface area (Å²) >= 11 is 17.9. The third-order valence-corrected chi connectivity index (χ3v) is 4.62. The van der Waals surface area contributed by atoms with Crippen LogP contribution in [0.3, 0.4) is 0 Å². The maximum Gasteiger partial charge on any atom is 0.354 e. The molecule has 1 heterocycles. The number of esters is 1. The van der Waals surface area contributed by atoms with Crippen LogP contribution in [-0.2, 0) is 9.53 Å². The molecule has 2 aromatic rings. The van der Waals surface area contributed by atoms with E-state index in [4.69, 9.17) is 39.5 Å². The van der Waals surface area contributed by atoms with Crippen LogP contribution in [0, 0.1) is 10.1 Å².